The minimum Gasteiger partial charge on any atom is -0.354 e. The van der Waals surface area contributed by atoms with Crippen LogP contribution in [0.3, 0.4) is 0 Å². The van der Waals surface area contributed by atoms with Crippen molar-refractivity contribution in [3.05, 3.63) is 87.7 Å². The van der Waals surface area contributed by atoms with Crippen LogP contribution in [0.2, 0.25) is 5.02 Å². The van der Waals surface area contributed by atoms with Crippen LogP contribution in [-0.2, 0) is 0 Å². The molecule has 3 rings (SSSR count). The predicted molar refractivity (Wildman–Crippen MR) is 110 cm³/mol. The van der Waals surface area contributed by atoms with E-state index in [-0.39, 0.29) is 0 Å². The zero-order chi connectivity index (χ0) is 18.0. The van der Waals surface area contributed by atoms with Crippen LogP contribution < -0.4 is 5.32 Å². The summed E-state index contributed by atoms with van der Waals surface area (Å²) in [5.74, 6) is 0. The Morgan fingerprint density at radius 3 is 2.48 bits per heavy atom. The van der Waals surface area contributed by atoms with Gasteiger partial charge in [0.2, 0.25) is 0 Å². The standard InChI is InChI=1S/C21H19ClN2S/c1-13-4-5-14(2)18(10-13)21(25)17-7-6-16(11-19(17)22)24-20-12-23-9-8-15(20)3/h4-12,24H,1-3H3. The van der Waals surface area contributed by atoms with E-state index in [0.29, 0.717) is 5.02 Å². The van der Waals surface area contributed by atoms with Gasteiger partial charge in [0.05, 0.1) is 21.8 Å². The van der Waals surface area contributed by atoms with Gasteiger partial charge in [0.1, 0.15) is 0 Å². The van der Waals surface area contributed by atoms with Crippen LogP contribution in [0.25, 0.3) is 0 Å². The summed E-state index contributed by atoms with van der Waals surface area (Å²) in [5.41, 5.74) is 7.27. The highest BCUT2D eigenvalue weighted by atomic mass is 35.5. The maximum atomic E-state index is 6.53. The van der Waals surface area contributed by atoms with Crippen LogP contribution in [0, 0.1) is 20.8 Å². The number of aryl methyl sites for hydroxylation is 3. The van der Waals surface area contributed by atoms with E-state index in [1.165, 1.54) is 5.56 Å². The van der Waals surface area contributed by atoms with Crippen molar-refractivity contribution in [1.82, 2.24) is 4.98 Å². The zero-order valence-corrected chi connectivity index (χ0v) is 16.0. The second kappa shape index (κ2) is 7.34. The van der Waals surface area contributed by atoms with Crippen molar-refractivity contribution in [3.8, 4) is 0 Å². The minimum absolute atomic E-state index is 0.637. The Hall–Kier alpha value is -2.23. The number of anilines is 2. The molecule has 0 amide bonds. The van der Waals surface area contributed by atoms with Crippen molar-refractivity contribution in [3.63, 3.8) is 0 Å². The lowest BCUT2D eigenvalue weighted by molar-refractivity contribution is 1.28. The van der Waals surface area contributed by atoms with Crippen LogP contribution in [0.5, 0.6) is 0 Å². The average Bonchev–Trinajstić information content (AvgIpc) is 2.59. The fourth-order valence-electron chi connectivity index (χ4n) is 2.65. The Balaban J connectivity index is 1.91. The molecule has 0 atom stereocenters. The van der Waals surface area contributed by atoms with Gasteiger partial charge in [0, 0.05) is 17.4 Å². The molecule has 2 aromatic carbocycles. The Morgan fingerprint density at radius 2 is 1.76 bits per heavy atom. The van der Waals surface area contributed by atoms with Crippen LogP contribution in [-0.4, -0.2) is 9.85 Å². The highest BCUT2D eigenvalue weighted by Crippen LogP contribution is 2.28. The normalized spacial score (nSPS) is 10.6. The van der Waals surface area contributed by atoms with E-state index in [0.717, 1.165) is 38.5 Å². The fraction of sp³-hybridized carbons (Fsp3) is 0.143. The summed E-state index contributed by atoms with van der Waals surface area (Å²) in [6.45, 7) is 6.17. The number of hydrogen-bond donors (Lipinski definition) is 1. The molecule has 1 aromatic heterocycles. The van der Waals surface area contributed by atoms with E-state index in [1.807, 2.05) is 31.2 Å². The van der Waals surface area contributed by atoms with Crippen molar-refractivity contribution in [2.45, 2.75) is 20.8 Å². The summed E-state index contributed by atoms with van der Waals surface area (Å²) in [6.07, 6.45) is 3.58. The van der Waals surface area contributed by atoms with E-state index in [1.54, 1.807) is 12.4 Å². The molecule has 0 radical (unpaired) electrons. The molecule has 1 N–H and O–H groups in total. The molecule has 3 aromatic rings. The molecule has 0 aliphatic rings. The van der Waals surface area contributed by atoms with E-state index >= 15 is 0 Å². The lowest BCUT2D eigenvalue weighted by Gasteiger charge is -2.13. The molecule has 0 saturated heterocycles. The summed E-state index contributed by atoms with van der Waals surface area (Å²) >= 11 is 12.2. The topological polar surface area (TPSA) is 24.9 Å². The smallest absolute Gasteiger partial charge is 0.0600 e. The van der Waals surface area contributed by atoms with Crippen LogP contribution >= 0.6 is 23.8 Å². The Bertz CT molecular complexity index is 950. The molecule has 2 nitrogen and oxygen atoms in total. The number of rotatable bonds is 4. The van der Waals surface area contributed by atoms with Gasteiger partial charge in [-0.15, -0.1) is 0 Å². The van der Waals surface area contributed by atoms with Crippen molar-refractivity contribution in [2.24, 2.45) is 0 Å². The molecule has 126 valence electrons. The number of benzene rings is 2. The van der Waals surface area contributed by atoms with Gasteiger partial charge < -0.3 is 5.32 Å². The SMILES string of the molecule is Cc1ccc(C)c(C(=S)c2ccc(Nc3cnccc3C)cc2Cl)c1. The maximum Gasteiger partial charge on any atom is 0.0600 e. The van der Waals surface area contributed by atoms with Gasteiger partial charge in [0.15, 0.2) is 0 Å². The van der Waals surface area contributed by atoms with Crippen LogP contribution in [0.4, 0.5) is 11.4 Å². The van der Waals surface area contributed by atoms with Crippen LogP contribution in [0.15, 0.2) is 54.9 Å². The molecule has 0 bridgehead atoms. The van der Waals surface area contributed by atoms with Gasteiger partial charge in [0.25, 0.3) is 0 Å². The second-order valence-electron chi connectivity index (χ2n) is 6.16. The Labute approximate surface area is 158 Å². The number of aromatic nitrogens is 1. The Morgan fingerprint density at radius 1 is 0.960 bits per heavy atom. The summed E-state index contributed by atoms with van der Waals surface area (Å²) in [4.78, 5) is 4.92. The number of halogens is 1. The van der Waals surface area contributed by atoms with Crippen molar-refractivity contribution >= 4 is 40.1 Å². The molecule has 0 aliphatic carbocycles. The maximum absolute atomic E-state index is 6.53. The van der Waals surface area contributed by atoms with Gasteiger partial charge in [-0.1, -0.05) is 47.6 Å². The number of pyridine rings is 1. The van der Waals surface area contributed by atoms with Gasteiger partial charge in [-0.2, -0.15) is 0 Å². The van der Waals surface area contributed by atoms with Gasteiger partial charge >= 0.3 is 0 Å². The van der Waals surface area contributed by atoms with Gasteiger partial charge in [-0.3, -0.25) is 4.98 Å². The summed E-state index contributed by atoms with van der Waals surface area (Å²) in [5, 5.41) is 3.99. The van der Waals surface area contributed by atoms with E-state index < -0.39 is 0 Å². The Kier molecular flexibility index (Phi) is 5.16. The zero-order valence-electron chi connectivity index (χ0n) is 14.4. The first-order chi connectivity index (χ1) is 12.0. The second-order valence-corrected chi connectivity index (χ2v) is 6.97. The third-order valence-corrected chi connectivity index (χ3v) is 4.92. The minimum atomic E-state index is 0.637. The first kappa shape index (κ1) is 17.6. The molecular formula is C21H19ClN2S. The molecule has 1 heterocycles. The highest BCUT2D eigenvalue weighted by molar-refractivity contribution is 7.81. The summed E-state index contributed by atoms with van der Waals surface area (Å²) in [7, 11) is 0. The third-order valence-electron chi connectivity index (χ3n) is 4.17. The monoisotopic (exact) mass is 366 g/mol. The highest BCUT2D eigenvalue weighted by Gasteiger charge is 2.12. The quantitative estimate of drug-likeness (QED) is 0.441. The number of nitrogens with one attached hydrogen (secondary N) is 1. The van der Waals surface area contributed by atoms with Crippen LogP contribution in [0.1, 0.15) is 27.8 Å². The van der Waals surface area contributed by atoms with Crippen molar-refractivity contribution < 1.29 is 0 Å². The van der Waals surface area contributed by atoms with Gasteiger partial charge in [-0.25, -0.2) is 0 Å². The first-order valence-electron chi connectivity index (χ1n) is 8.05. The predicted octanol–water partition coefficient (Wildman–Crippen LogP) is 6.17. The molecule has 0 unspecified atom stereocenters. The van der Waals surface area contributed by atoms with E-state index in [9.17, 15) is 0 Å². The number of thiocarbonyl (C=S) groups is 1. The molecule has 0 aliphatic heterocycles. The number of hydrogen-bond acceptors (Lipinski definition) is 3. The summed E-state index contributed by atoms with van der Waals surface area (Å²) in [6, 6.07) is 14.1. The lowest BCUT2D eigenvalue weighted by atomic mass is 9.98. The van der Waals surface area contributed by atoms with Crippen molar-refractivity contribution in [1.29, 1.82) is 0 Å². The largest absolute Gasteiger partial charge is 0.354 e. The third kappa shape index (κ3) is 3.89. The van der Waals surface area contributed by atoms with Crippen molar-refractivity contribution in [2.75, 3.05) is 5.32 Å². The fourth-order valence-corrected chi connectivity index (χ4v) is 3.38. The van der Waals surface area contributed by atoms with E-state index in [2.05, 4.69) is 42.3 Å². The molecule has 4 heteroatoms. The molecule has 0 fully saturated rings. The molecule has 0 spiro atoms. The van der Waals surface area contributed by atoms with E-state index in [4.69, 9.17) is 23.8 Å². The molecular weight excluding hydrogens is 348 g/mol. The van der Waals surface area contributed by atoms with Gasteiger partial charge in [-0.05, 0) is 61.7 Å². The average molecular weight is 367 g/mol. The molecule has 25 heavy (non-hydrogen) atoms. The first-order valence-corrected chi connectivity index (χ1v) is 8.83. The summed E-state index contributed by atoms with van der Waals surface area (Å²) < 4.78 is 0. The number of nitrogens with zero attached hydrogens (tertiary/aromatic N) is 1. The molecule has 0 saturated carbocycles. The lowest BCUT2D eigenvalue weighted by Crippen LogP contribution is -2.04.